The molecule has 0 radical (unpaired) electrons. The van der Waals surface area contributed by atoms with Crippen LogP contribution in [0.15, 0.2) is 18.2 Å². The van der Waals surface area contributed by atoms with Crippen LogP contribution in [0.2, 0.25) is 5.02 Å². The van der Waals surface area contributed by atoms with Gasteiger partial charge in [-0.05, 0) is 31.2 Å². The third-order valence-electron chi connectivity index (χ3n) is 2.74. The summed E-state index contributed by atoms with van der Waals surface area (Å²) in [7, 11) is -3.37. The Hall–Kier alpha value is -0.890. The first-order chi connectivity index (χ1) is 9.85. The molecule has 1 heterocycles. The molecule has 5 nitrogen and oxygen atoms in total. The summed E-state index contributed by atoms with van der Waals surface area (Å²) in [6.45, 7) is 4.73. The molecule has 0 spiro atoms. The molecule has 0 aliphatic heterocycles. The molecule has 0 fully saturated rings. The third kappa shape index (κ3) is 5.10. The number of fused-ring (bicyclic) bond motifs is 1. The van der Waals surface area contributed by atoms with Crippen LogP contribution in [0.4, 0.5) is 5.13 Å². The third-order valence-corrected chi connectivity index (χ3v) is 5.36. The van der Waals surface area contributed by atoms with Crippen LogP contribution < -0.4 is 10.0 Å². The van der Waals surface area contributed by atoms with E-state index in [0.717, 1.165) is 10.2 Å². The largest absolute Gasteiger partial charge is 0.314 e. The molecule has 8 heteroatoms. The van der Waals surface area contributed by atoms with Crippen molar-refractivity contribution in [2.24, 2.45) is 0 Å². The van der Waals surface area contributed by atoms with Crippen molar-refractivity contribution in [1.29, 1.82) is 0 Å². The summed E-state index contributed by atoms with van der Waals surface area (Å²) in [5.41, 5.74) is 0.739. The fraction of sp³-hybridized carbons (Fsp3) is 0.462. The number of sulfonamides is 1. The van der Waals surface area contributed by atoms with Gasteiger partial charge in [-0.25, -0.2) is 13.4 Å². The summed E-state index contributed by atoms with van der Waals surface area (Å²) in [4.78, 5) is 4.25. The molecule has 0 saturated heterocycles. The Morgan fingerprint density at radius 1 is 1.38 bits per heavy atom. The van der Waals surface area contributed by atoms with Gasteiger partial charge in [-0.1, -0.05) is 36.8 Å². The molecule has 116 valence electrons. The van der Waals surface area contributed by atoms with E-state index in [1.807, 2.05) is 13.8 Å². The molecular weight excluding hydrogens is 330 g/mol. The molecule has 0 amide bonds. The molecule has 21 heavy (non-hydrogen) atoms. The maximum atomic E-state index is 12.0. The van der Waals surface area contributed by atoms with Crippen molar-refractivity contribution in [3.63, 3.8) is 0 Å². The molecule has 0 saturated carbocycles. The second kappa shape index (κ2) is 6.91. The van der Waals surface area contributed by atoms with Crippen LogP contribution in [0, 0.1) is 0 Å². The zero-order valence-electron chi connectivity index (χ0n) is 11.9. The Kier molecular flexibility index (Phi) is 5.43. The molecule has 2 N–H and O–H groups in total. The SMILES string of the molecule is CC(C)NCCCS(=O)(=O)Nc1nc2ccc(Cl)cc2s1. The van der Waals surface area contributed by atoms with Crippen LogP contribution in [0.3, 0.4) is 0 Å². The van der Waals surface area contributed by atoms with E-state index in [-0.39, 0.29) is 5.75 Å². The maximum Gasteiger partial charge on any atom is 0.234 e. The van der Waals surface area contributed by atoms with Gasteiger partial charge < -0.3 is 5.32 Å². The van der Waals surface area contributed by atoms with E-state index in [4.69, 9.17) is 11.6 Å². The Morgan fingerprint density at radius 3 is 2.86 bits per heavy atom. The standard InChI is InChI=1S/C13H18ClN3O2S2/c1-9(2)15-6-3-7-21(18,19)17-13-16-11-5-4-10(14)8-12(11)20-13/h4-5,8-9,15H,3,6-7H2,1-2H3,(H,16,17). The van der Waals surface area contributed by atoms with Crippen molar-refractivity contribution in [3.05, 3.63) is 23.2 Å². The maximum absolute atomic E-state index is 12.0. The summed E-state index contributed by atoms with van der Waals surface area (Å²) in [6, 6.07) is 5.64. The van der Waals surface area contributed by atoms with Crippen LogP contribution in [-0.4, -0.2) is 31.7 Å². The topological polar surface area (TPSA) is 71.1 Å². The summed E-state index contributed by atoms with van der Waals surface area (Å²) < 4.78 is 27.4. The van der Waals surface area contributed by atoms with Crippen molar-refractivity contribution in [3.8, 4) is 0 Å². The zero-order chi connectivity index (χ0) is 15.5. The zero-order valence-corrected chi connectivity index (χ0v) is 14.3. The predicted molar refractivity (Wildman–Crippen MR) is 89.8 cm³/mol. The van der Waals surface area contributed by atoms with Gasteiger partial charge in [0.25, 0.3) is 0 Å². The smallest absolute Gasteiger partial charge is 0.234 e. The second-order valence-corrected chi connectivity index (χ2v) is 8.32. The molecule has 0 unspecified atom stereocenters. The van der Waals surface area contributed by atoms with E-state index in [1.54, 1.807) is 18.2 Å². The number of rotatable bonds is 7. The molecule has 0 atom stereocenters. The highest BCUT2D eigenvalue weighted by molar-refractivity contribution is 7.92. The Balaban J connectivity index is 1.98. The Labute approximate surface area is 133 Å². The number of aromatic nitrogens is 1. The minimum absolute atomic E-state index is 0.0728. The van der Waals surface area contributed by atoms with Crippen LogP contribution in [0.1, 0.15) is 20.3 Å². The number of nitrogens with zero attached hydrogens (tertiary/aromatic N) is 1. The summed E-state index contributed by atoms with van der Waals surface area (Å²) in [5.74, 6) is 0.0728. The minimum atomic E-state index is -3.37. The van der Waals surface area contributed by atoms with Gasteiger partial charge in [-0.3, -0.25) is 4.72 Å². The van der Waals surface area contributed by atoms with E-state index in [2.05, 4.69) is 15.0 Å². The number of thiazole rings is 1. The molecule has 0 bridgehead atoms. The average molecular weight is 348 g/mol. The lowest BCUT2D eigenvalue weighted by Crippen LogP contribution is -2.26. The number of halogens is 1. The van der Waals surface area contributed by atoms with Crippen LogP contribution in [0.5, 0.6) is 0 Å². The van der Waals surface area contributed by atoms with Crippen molar-refractivity contribution < 1.29 is 8.42 Å². The van der Waals surface area contributed by atoms with Crippen molar-refractivity contribution in [1.82, 2.24) is 10.3 Å². The van der Waals surface area contributed by atoms with Crippen LogP contribution in [-0.2, 0) is 10.0 Å². The lowest BCUT2D eigenvalue weighted by atomic mass is 10.3. The Bertz CT molecular complexity index is 713. The highest BCUT2D eigenvalue weighted by Crippen LogP contribution is 2.28. The van der Waals surface area contributed by atoms with Gasteiger partial charge in [0, 0.05) is 11.1 Å². The molecule has 0 aliphatic rings. The predicted octanol–water partition coefficient (Wildman–Crippen LogP) is 3.08. The first-order valence-electron chi connectivity index (χ1n) is 6.66. The average Bonchev–Trinajstić information content (AvgIpc) is 2.74. The summed E-state index contributed by atoms with van der Waals surface area (Å²) in [6.07, 6.45) is 0.560. The van der Waals surface area contributed by atoms with E-state index in [0.29, 0.717) is 29.2 Å². The van der Waals surface area contributed by atoms with Crippen molar-refractivity contribution in [2.45, 2.75) is 26.3 Å². The van der Waals surface area contributed by atoms with Crippen molar-refractivity contribution in [2.75, 3.05) is 17.0 Å². The number of hydrogen-bond donors (Lipinski definition) is 2. The van der Waals surface area contributed by atoms with Gasteiger partial charge in [0.15, 0.2) is 5.13 Å². The van der Waals surface area contributed by atoms with Crippen LogP contribution in [0.25, 0.3) is 10.2 Å². The molecular formula is C13H18ClN3O2S2. The van der Waals surface area contributed by atoms with Crippen molar-refractivity contribution >= 4 is 48.3 Å². The highest BCUT2D eigenvalue weighted by Gasteiger charge is 2.13. The number of anilines is 1. The summed E-state index contributed by atoms with van der Waals surface area (Å²) >= 11 is 7.19. The number of hydrogen-bond acceptors (Lipinski definition) is 5. The minimum Gasteiger partial charge on any atom is -0.314 e. The molecule has 2 aromatic rings. The Morgan fingerprint density at radius 2 is 2.14 bits per heavy atom. The quantitative estimate of drug-likeness (QED) is 0.755. The fourth-order valence-electron chi connectivity index (χ4n) is 1.78. The summed E-state index contributed by atoms with van der Waals surface area (Å²) in [5, 5.41) is 4.18. The molecule has 1 aromatic heterocycles. The molecule has 2 rings (SSSR count). The van der Waals surface area contributed by atoms with Gasteiger partial charge in [0.2, 0.25) is 10.0 Å². The van der Waals surface area contributed by atoms with Gasteiger partial charge in [0.05, 0.1) is 16.0 Å². The van der Waals surface area contributed by atoms with E-state index >= 15 is 0 Å². The van der Waals surface area contributed by atoms with E-state index < -0.39 is 10.0 Å². The normalized spacial score (nSPS) is 12.2. The first-order valence-corrected chi connectivity index (χ1v) is 9.50. The highest BCUT2D eigenvalue weighted by atomic mass is 35.5. The van der Waals surface area contributed by atoms with E-state index in [9.17, 15) is 8.42 Å². The number of benzene rings is 1. The fourth-order valence-corrected chi connectivity index (χ4v) is 4.26. The first kappa shape index (κ1) is 16.5. The molecule has 0 aliphatic carbocycles. The van der Waals surface area contributed by atoms with Gasteiger partial charge >= 0.3 is 0 Å². The van der Waals surface area contributed by atoms with Gasteiger partial charge in [-0.2, -0.15) is 0 Å². The monoisotopic (exact) mass is 347 g/mol. The van der Waals surface area contributed by atoms with E-state index in [1.165, 1.54) is 11.3 Å². The van der Waals surface area contributed by atoms with Gasteiger partial charge in [0.1, 0.15) is 0 Å². The number of nitrogens with one attached hydrogen (secondary N) is 2. The van der Waals surface area contributed by atoms with Gasteiger partial charge in [-0.15, -0.1) is 0 Å². The lowest BCUT2D eigenvalue weighted by Gasteiger charge is -2.08. The lowest BCUT2D eigenvalue weighted by molar-refractivity contribution is 0.571. The van der Waals surface area contributed by atoms with Crippen LogP contribution >= 0.6 is 22.9 Å². The molecule has 1 aromatic carbocycles. The second-order valence-electron chi connectivity index (χ2n) is 5.01.